The van der Waals surface area contributed by atoms with Crippen LogP contribution in [-0.2, 0) is 49.4 Å². The molecule has 282 valence electrons. The first-order valence-electron chi connectivity index (χ1n) is 16.1. The topological polar surface area (TPSA) is 284 Å². The first-order valence-corrected chi connectivity index (χ1v) is 16.1. The molecule has 3 amide bonds. The lowest BCUT2D eigenvalue weighted by Crippen LogP contribution is -2.70. The van der Waals surface area contributed by atoms with E-state index in [4.69, 9.17) is 28.4 Å². The van der Waals surface area contributed by atoms with Gasteiger partial charge in [-0.05, 0) is 5.56 Å². The number of amides is 3. The average Bonchev–Trinajstić information content (AvgIpc) is 3.07. The monoisotopic (exact) mass is 717 g/mol. The van der Waals surface area contributed by atoms with E-state index >= 15 is 0 Å². The second kappa shape index (κ2) is 18.0. The first-order chi connectivity index (χ1) is 23.7. The minimum atomic E-state index is -1.70. The van der Waals surface area contributed by atoms with Crippen LogP contribution in [0.25, 0.3) is 0 Å². The molecule has 3 heterocycles. The number of hydrogen-bond acceptors (Lipinski definition) is 16. The van der Waals surface area contributed by atoms with Gasteiger partial charge in [-0.25, -0.2) is 0 Å². The maximum absolute atomic E-state index is 12.4. The van der Waals surface area contributed by atoms with Gasteiger partial charge < -0.3 is 80.1 Å². The van der Waals surface area contributed by atoms with Crippen molar-refractivity contribution in [3.05, 3.63) is 35.9 Å². The van der Waals surface area contributed by atoms with Gasteiger partial charge in [-0.1, -0.05) is 30.3 Å². The third-order valence-electron chi connectivity index (χ3n) is 8.52. The fourth-order valence-corrected chi connectivity index (χ4v) is 6.04. The lowest BCUT2D eigenvalue weighted by Gasteiger charge is -2.49. The van der Waals surface area contributed by atoms with E-state index in [1.165, 1.54) is 13.8 Å². The Morgan fingerprint density at radius 2 is 1.08 bits per heavy atom. The fourth-order valence-electron chi connectivity index (χ4n) is 6.04. The minimum absolute atomic E-state index is 0.0392. The van der Waals surface area contributed by atoms with E-state index in [1.54, 1.807) is 30.3 Å². The van der Waals surface area contributed by atoms with Crippen molar-refractivity contribution in [2.75, 3.05) is 19.8 Å². The highest BCUT2D eigenvalue weighted by atomic mass is 16.7. The molecule has 0 bridgehead atoms. The van der Waals surface area contributed by atoms with Crippen LogP contribution in [0.1, 0.15) is 26.3 Å². The van der Waals surface area contributed by atoms with E-state index in [9.17, 15) is 50.1 Å². The summed E-state index contributed by atoms with van der Waals surface area (Å²) in [6.45, 7) is 1.49. The molecule has 3 saturated heterocycles. The Balaban J connectivity index is 1.65. The molecule has 4 rings (SSSR count). The van der Waals surface area contributed by atoms with Crippen molar-refractivity contribution in [1.82, 2.24) is 16.0 Å². The highest BCUT2D eigenvalue weighted by molar-refractivity contribution is 5.74. The molecule has 0 saturated carbocycles. The van der Waals surface area contributed by atoms with Gasteiger partial charge in [0.2, 0.25) is 17.7 Å². The first kappa shape index (κ1) is 39.9. The van der Waals surface area contributed by atoms with Gasteiger partial charge in [-0.15, -0.1) is 0 Å². The van der Waals surface area contributed by atoms with Gasteiger partial charge in [0.05, 0.1) is 26.4 Å². The Hall–Kier alpha value is -2.89. The summed E-state index contributed by atoms with van der Waals surface area (Å²) in [7, 11) is 0. The number of aliphatic hydroxyl groups excluding tert-OH is 7. The molecule has 3 aliphatic heterocycles. The van der Waals surface area contributed by atoms with Gasteiger partial charge in [0.15, 0.2) is 18.9 Å². The third kappa shape index (κ3) is 9.70. The summed E-state index contributed by atoms with van der Waals surface area (Å²) in [5, 5.41) is 81.1. The standard InChI is InChI=1S/C31H47N3O16/c1-13(37)32-20-26(43)23(40)17(9-35)47-29(20)46-12-19-25(42)28(50-31-21(33-14(2)38)27(44)24(41)18(10-36)48-31)22(34-15(3)39)30(49-19)45-11-16-7-5-4-6-8-16/h4-8,17-31,35-36,40-44H,9-12H2,1-3H3,(H,32,37)(H,33,38)(H,34,39)/t17-,18-,19-,20-,21-,22-,23-,24-,25-,26-,27-,28-,29-,30+,31+/m1/s1. The number of hydrogen-bond donors (Lipinski definition) is 10. The summed E-state index contributed by atoms with van der Waals surface area (Å²) >= 11 is 0. The predicted molar refractivity (Wildman–Crippen MR) is 165 cm³/mol. The normalized spacial score (nSPS) is 39.0. The van der Waals surface area contributed by atoms with E-state index < -0.39 is 129 Å². The van der Waals surface area contributed by atoms with Gasteiger partial charge in [0.25, 0.3) is 0 Å². The van der Waals surface area contributed by atoms with Crippen LogP contribution in [0.3, 0.4) is 0 Å². The van der Waals surface area contributed by atoms with Crippen molar-refractivity contribution in [3.8, 4) is 0 Å². The van der Waals surface area contributed by atoms with Gasteiger partial charge in [0.1, 0.15) is 73.1 Å². The van der Waals surface area contributed by atoms with Crippen LogP contribution in [0.4, 0.5) is 0 Å². The molecule has 50 heavy (non-hydrogen) atoms. The van der Waals surface area contributed by atoms with Crippen LogP contribution in [-0.4, -0.2) is 165 Å². The molecule has 1 aromatic carbocycles. The Kier molecular flexibility index (Phi) is 14.4. The molecule has 19 nitrogen and oxygen atoms in total. The van der Waals surface area contributed by atoms with Crippen LogP contribution in [0.5, 0.6) is 0 Å². The molecule has 3 fully saturated rings. The molecule has 1 aromatic rings. The molecule has 0 aromatic heterocycles. The molecule has 0 spiro atoms. The second-order valence-electron chi connectivity index (χ2n) is 12.4. The van der Waals surface area contributed by atoms with Gasteiger partial charge in [-0.2, -0.15) is 0 Å². The smallest absolute Gasteiger partial charge is 0.217 e. The zero-order valence-corrected chi connectivity index (χ0v) is 27.7. The maximum Gasteiger partial charge on any atom is 0.217 e. The number of carbonyl (C=O) groups is 3. The molecular weight excluding hydrogens is 670 g/mol. The lowest BCUT2D eigenvalue weighted by atomic mass is 9.94. The summed E-state index contributed by atoms with van der Waals surface area (Å²) in [5.74, 6) is -1.80. The highest BCUT2D eigenvalue weighted by Crippen LogP contribution is 2.31. The fraction of sp³-hybridized carbons (Fsp3) is 0.710. The second-order valence-corrected chi connectivity index (χ2v) is 12.4. The molecule has 15 atom stereocenters. The predicted octanol–water partition coefficient (Wildman–Crippen LogP) is -4.92. The van der Waals surface area contributed by atoms with Crippen LogP contribution < -0.4 is 16.0 Å². The molecule has 3 aliphatic rings. The van der Waals surface area contributed by atoms with Crippen molar-refractivity contribution in [3.63, 3.8) is 0 Å². The van der Waals surface area contributed by atoms with Gasteiger partial charge in [-0.3, -0.25) is 14.4 Å². The summed E-state index contributed by atoms with van der Waals surface area (Å²) in [4.78, 5) is 36.4. The van der Waals surface area contributed by atoms with E-state index in [0.717, 1.165) is 12.5 Å². The van der Waals surface area contributed by atoms with Gasteiger partial charge in [0, 0.05) is 20.8 Å². The summed E-state index contributed by atoms with van der Waals surface area (Å²) in [5.41, 5.74) is 0.717. The van der Waals surface area contributed by atoms with Crippen LogP contribution in [0.15, 0.2) is 30.3 Å². The van der Waals surface area contributed by atoms with E-state index in [-0.39, 0.29) is 6.61 Å². The molecule has 19 heteroatoms. The highest BCUT2D eigenvalue weighted by Gasteiger charge is 2.53. The van der Waals surface area contributed by atoms with Crippen molar-refractivity contribution < 1.29 is 78.6 Å². The summed E-state index contributed by atoms with van der Waals surface area (Å²) in [6.07, 6.45) is -18.2. The van der Waals surface area contributed by atoms with Crippen LogP contribution in [0.2, 0.25) is 0 Å². The van der Waals surface area contributed by atoms with Crippen LogP contribution in [0, 0.1) is 0 Å². The summed E-state index contributed by atoms with van der Waals surface area (Å²) in [6, 6.07) is 4.91. The zero-order chi connectivity index (χ0) is 36.7. The summed E-state index contributed by atoms with van der Waals surface area (Å²) < 4.78 is 35.5. The SMILES string of the molecule is CC(=O)N[C@H]1[C@H](OC[C@H]2O[C@H](OCc3ccccc3)[C@H](NC(C)=O)[C@@H](O[C@@H]3O[C@H](CO)[C@@H](O)[C@H](O)[C@H]3NC(C)=O)[C@@H]2O)O[C@H](CO)[C@@H](O)[C@@H]1O. The Labute approximate surface area is 287 Å². The van der Waals surface area contributed by atoms with Crippen molar-refractivity contribution in [2.45, 2.75) is 119 Å². The van der Waals surface area contributed by atoms with Crippen LogP contribution >= 0.6 is 0 Å². The maximum atomic E-state index is 12.4. The minimum Gasteiger partial charge on any atom is -0.394 e. The number of ether oxygens (including phenoxy) is 6. The number of aliphatic hydroxyl groups is 7. The number of carbonyl (C=O) groups excluding carboxylic acids is 3. The number of benzene rings is 1. The lowest BCUT2D eigenvalue weighted by molar-refractivity contribution is -0.337. The number of rotatable bonds is 13. The van der Waals surface area contributed by atoms with E-state index in [1.807, 2.05) is 0 Å². The van der Waals surface area contributed by atoms with Crippen molar-refractivity contribution in [2.24, 2.45) is 0 Å². The van der Waals surface area contributed by atoms with Crippen molar-refractivity contribution in [1.29, 1.82) is 0 Å². The molecule has 0 aliphatic carbocycles. The largest absolute Gasteiger partial charge is 0.394 e. The van der Waals surface area contributed by atoms with E-state index in [2.05, 4.69) is 16.0 Å². The van der Waals surface area contributed by atoms with Crippen molar-refractivity contribution >= 4 is 17.7 Å². The Morgan fingerprint density at radius 1 is 0.620 bits per heavy atom. The Morgan fingerprint density at radius 3 is 1.60 bits per heavy atom. The van der Waals surface area contributed by atoms with Gasteiger partial charge >= 0.3 is 0 Å². The quantitative estimate of drug-likeness (QED) is 0.0915. The zero-order valence-electron chi connectivity index (χ0n) is 27.7. The van der Waals surface area contributed by atoms with E-state index in [0.29, 0.717) is 0 Å². The number of nitrogens with one attached hydrogen (secondary N) is 3. The molecule has 10 N–H and O–H groups in total. The molecule has 0 unspecified atom stereocenters. The Bertz CT molecular complexity index is 1260. The average molecular weight is 718 g/mol. The molecular formula is C31H47N3O16. The third-order valence-corrected chi connectivity index (χ3v) is 8.52. The molecule has 0 radical (unpaired) electrons.